The van der Waals surface area contributed by atoms with Gasteiger partial charge in [0.25, 0.3) is 5.91 Å². The van der Waals surface area contributed by atoms with Crippen LogP contribution in [0.4, 0.5) is 5.95 Å². The Balaban J connectivity index is 1.56. The van der Waals surface area contributed by atoms with Gasteiger partial charge in [0.2, 0.25) is 5.95 Å². The molecule has 3 aromatic heterocycles. The van der Waals surface area contributed by atoms with Crippen molar-refractivity contribution < 1.29 is 9.53 Å². The first-order valence-corrected chi connectivity index (χ1v) is 15.1. The molecule has 1 unspecified atom stereocenters. The molecule has 1 aromatic carbocycles. The quantitative estimate of drug-likeness (QED) is 0.233. The van der Waals surface area contributed by atoms with Gasteiger partial charge in [0, 0.05) is 45.1 Å². The largest absolute Gasteiger partial charge is 0.377 e. The molecule has 8 nitrogen and oxygen atoms in total. The fraction of sp³-hybridized carbons (Fsp3) is 0.394. The maximum atomic E-state index is 13.2. The van der Waals surface area contributed by atoms with E-state index in [0.717, 1.165) is 54.8 Å². The van der Waals surface area contributed by atoms with E-state index >= 15 is 0 Å². The van der Waals surface area contributed by atoms with Crippen LogP contribution in [0.25, 0.3) is 22.3 Å². The highest BCUT2D eigenvalue weighted by molar-refractivity contribution is 6.30. The molecule has 4 heterocycles. The number of carbonyl (C=O) groups is 1. The number of halogens is 1. The molecule has 1 amide bonds. The molecule has 6 rings (SSSR count). The number of morpholine rings is 1. The van der Waals surface area contributed by atoms with Crippen LogP contribution in [0.2, 0.25) is 5.02 Å². The van der Waals surface area contributed by atoms with Crippen LogP contribution in [0.15, 0.2) is 67.5 Å². The van der Waals surface area contributed by atoms with Crippen molar-refractivity contribution in [3.8, 4) is 11.3 Å². The minimum absolute atomic E-state index is 0.0131. The normalized spacial score (nSPS) is 20.9. The highest BCUT2D eigenvalue weighted by Gasteiger charge is 2.32. The second-order valence-corrected chi connectivity index (χ2v) is 12.0. The summed E-state index contributed by atoms with van der Waals surface area (Å²) < 4.78 is 8.32. The minimum Gasteiger partial charge on any atom is -0.377 e. The molecule has 0 bridgehead atoms. The van der Waals surface area contributed by atoms with Crippen molar-refractivity contribution in [3.63, 3.8) is 0 Å². The number of rotatable bonds is 7. The maximum Gasteiger partial charge on any atom is 0.272 e. The number of aromatic nitrogens is 4. The number of ether oxygens (including phenoxy) is 1. The predicted octanol–water partition coefficient (Wildman–Crippen LogP) is 6.42. The molecule has 2 fully saturated rings. The summed E-state index contributed by atoms with van der Waals surface area (Å²) >= 11 is 6.42. The molecule has 0 spiro atoms. The van der Waals surface area contributed by atoms with Crippen LogP contribution >= 0.6 is 11.6 Å². The lowest BCUT2D eigenvalue weighted by Gasteiger charge is -2.37. The molecule has 1 aliphatic carbocycles. The Morgan fingerprint density at radius 3 is 2.62 bits per heavy atom. The highest BCUT2D eigenvalue weighted by Crippen LogP contribution is 2.39. The van der Waals surface area contributed by atoms with Crippen LogP contribution in [0.3, 0.4) is 0 Å². The van der Waals surface area contributed by atoms with Gasteiger partial charge in [-0.05, 0) is 55.2 Å². The highest BCUT2D eigenvalue weighted by atomic mass is 35.5. The van der Waals surface area contributed by atoms with Crippen molar-refractivity contribution in [3.05, 3.63) is 83.8 Å². The average molecular weight is 585 g/mol. The summed E-state index contributed by atoms with van der Waals surface area (Å²) in [6.07, 6.45) is 10.0. The third-order valence-electron chi connectivity index (χ3n) is 8.54. The molecule has 4 aromatic rings. The second-order valence-electron chi connectivity index (χ2n) is 11.5. The van der Waals surface area contributed by atoms with Gasteiger partial charge in [-0.25, -0.2) is 9.97 Å². The van der Waals surface area contributed by atoms with Gasteiger partial charge in [0.15, 0.2) is 0 Å². The van der Waals surface area contributed by atoms with E-state index in [1.165, 1.54) is 10.5 Å². The van der Waals surface area contributed by atoms with Crippen molar-refractivity contribution in [2.24, 2.45) is 11.8 Å². The lowest BCUT2D eigenvalue weighted by Crippen LogP contribution is -2.41. The van der Waals surface area contributed by atoms with Crippen LogP contribution in [-0.2, 0) is 11.3 Å². The fourth-order valence-corrected chi connectivity index (χ4v) is 6.45. The number of imidazole rings is 1. The summed E-state index contributed by atoms with van der Waals surface area (Å²) in [4.78, 5) is 31.7. The second kappa shape index (κ2) is 12.2. The van der Waals surface area contributed by atoms with Gasteiger partial charge in [-0.3, -0.25) is 9.78 Å². The van der Waals surface area contributed by atoms with Gasteiger partial charge in [-0.2, -0.15) is 0 Å². The zero-order valence-electron chi connectivity index (χ0n) is 24.2. The molecular weight excluding hydrogens is 548 g/mol. The van der Waals surface area contributed by atoms with Crippen LogP contribution in [0.5, 0.6) is 0 Å². The molecule has 218 valence electrons. The van der Waals surface area contributed by atoms with E-state index in [-0.39, 0.29) is 11.9 Å². The van der Waals surface area contributed by atoms with E-state index in [2.05, 4.69) is 51.4 Å². The first-order valence-electron chi connectivity index (χ1n) is 14.7. The number of benzene rings is 1. The number of fused-ring (bicyclic) bond motifs is 1. The van der Waals surface area contributed by atoms with Gasteiger partial charge < -0.3 is 19.1 Å². The number of nitrogens with zero attached hydrogens (tertiary/aromatic N) is 6. The van der Waals surface area contributed by atoms with Crippen LogP contribution in [0, 0.1) is 11.8 Å². The molecule has 9 heteroatoms. The molecule has 1 saturated carbocycles. The summed E-state index contributed by atoms with van der Waals surface area (Å²) in [5.74, 6) is 1.76. The Labute approximate surface area is 252 Å². The third-order valence-corrected chi connectivity index (χ3v) is 8.75. The van der Waals surface area contributed by atoms with Gasteiger partial charge in [-0.15, -0.1) is 6.58 Å². The van der Waals surface area contributed by atoms with Crippen molar-refractivity contribution in [2.45, 2.75) is 38.3 Å². The van der Waals surface area contributed by atoms with E-state index in [1.54, 1.807) is 26.5 Å². The van der Waals surface area contributed by atoms with Crippen molar-refractivity contribution >= 4 is 34.5 Å². The molecule has 0 radical (unpaired) electrons. The molecular formula is C33H37ClN6O2. The SMILES string of the molecule is C=CC1CCC(Cn2c(N3CCOCC3c3ccccc3)nc3cc(C(=O)N(C)C)nc(-c4cncc(Cl)c4)c32)CC1. The van der Waals surface area contributed by atoms with Gasteiger partial charge in [0.1, 0.15) is 5.69 Å². The van der Waals surface area contributed by atoms with Crippen molar-refractivity contribution in [1.82, 2.24) is 24.4 Å². The molecule has 42 heavy (non-hydrogen) atoms. The first kappa shape index (κ1) is 28.4. The summed E-state index contributed by atoms with van der Waals surface area (Å²) in [7, 11) is 3.47. The smallest absolute Gasteiger partial charge is 0.272 e. The van der Waals surface area contributed by atoms with Crippen LogP contribution < -0.4 is 4.90 Å². The average Bonchev–Trinajstić information content (AvgIpc) is 3.38. The first-order chi connectivity index (χ1) is 20.4. The Morgan fingerprint density at radius 2 is 1.90 bits per heavy atom. The number of pyridine rings is 2. The zero-order chi connectivity index (χ0) is 29.2. The lowest BCUT2D eigenvalue weighted by molar-refractivity contribution is 0.0822. The Morgan fingerprint density at radius 1 is 1.12 bits per heavy atom. The van der Waals surface area contributed by atoms with E-state index in [4.69, 9.17) is 26.3 Å². The Bertz CT molecular complexity index is 1580. The Hall–Kier alpha value is -3.75. The number of hydrogen-bond donors (Lipinski definition) is 0. The van der Waals surface area contributed by atoms with E-state index in [9.17, 15) is 4.79 Å². The molecule has 1 saturated heterocycles. The predicted molar refractivity (Wildman–Crippen MR) is 167 cm³/mol. The topological polar surface area (TPSA) is 76.4 Å². The maximum absolute atomic E-state index is 13.2. The minimum atomic E-state index is -0.180. The van der Waals surface area contributed by atoms with E-state index in [1.807, 2.05) is 18.2 Å². The summed E-state index contributed by atoms with van der Waals surface area (Å²) in [5, 5.41) is 0.512. The summed E-state index contributed by atoms with van der Waals surface area (Å²) in [5.41, 5.74) is 4.57. The zero-order valence-corrected chi connectivity index (χ0v) is 25.0. The fourth-order valence-electron chi connectivity index (χ4n) is 6.28. The Kier molecular flexibility index (Phi) is 8.27. The summed E-state index contributed by atoms with van der Waals surface area (Å²) in [6, 6.07) is 14.2. The van der Waals surface area contributed by atoms with Gasteiger partial charge in [-0.1, -0.05) is 48.0 Å². The number of amides is 1. The van der Waals surface area contributed by atoms with Gasteiger partial charge in [0.05, 0.1) is 41.0 Å². The molecule has 2 aliphatic rings. The van der Waals surface area contributed by atoms with Crippen molar-refractivity contribution in [2.75, 3.05) is 38.8 Å². The lowest BCUT2D eigenvalue weighted by atomic mass is 9.82. The van der Waals surface area contributed by atoms with E-state index in [0.29, 0.717) is 48.0 Å². The number of hydrogen-bond acceptors (Lipinski definition) is 6. The number of allylic oxidation sites excluding steroid dienone is 1. The molecule has 1 atom stereocenters. The monoisotopic (exact) mass is 584 g/mol. The van der Waals surface area contributed by atoms with Gasteiger partial charge >= 0.3 is 0 Å². The third kappa shape index (κ3) is 5.65. The molecule has 0 N–H and O–H groups in total. The van der Waals surface area contributed by atoms with Crippen molar-refractivity contribution in [1.29, 1.82) is 0 Å². The van der Waals surface area contributed by atoms with E-state index < -0.39 is 0 Å². The van der Waals surface area contributed by atoms with Crippen LogP contribution in [-0.4, -0.2) is 64.2 Å². The summed E-state index contributed by atoms with van der Waals surface area (Å²) in [6.45, 7) is 6.74. The number of carbonyl (C=O) groups excluding carboxylic acids is 1. The number of anilines is 1. The standard InChI is InChI=1S/C33H37ClN6O2/c1-4-22-10-12-23(13-11-22)20-40-31-27(37-33(40)39-14-15-42-21-29(39)24-8-6-5-7-9-24)17-28(32(41)38(2)3)36-30(31)25-16-26(34)19-35-18-25/h4-9,16-19,22-23,29H,1,10-15,20-21H2,2-3H3. The van der Waals surface area contributed by atoms with Crippen LogP contribution in [0.1, 0.15) is 47.8 Å². The molecule has 1 aliphatic heterocycles.